The van der Waals surface area contributed by atoms with Gasteiger partial charge in [-0.3, -0.25) is 13.9 Å². The van der Waals surface area contributed by atoms with Gasteiger partial charge in [-0.1, -0.05) is 17.7 Å². The maximum Gasteiger partial charge on any atom is 0.415 e. The highest BCUT2D eigenvalue weighted by atomic mass is 32.2. The normalized spacial score (nSPS) is 18.9. The number of cyclic esters (lactones) is 1. The molecule has 2 heterocycles. The van der Waals surface area contributed by atoms with Crippen molar-refractivity contribution in [3.05, 3.63) is 53.6 Å². The van der Waals surface area contributed by atoms with Crippen LogP contribution < -0.4 is 15.1 Å². The fraction of sp³-hybridized carbons (Fsp3) is 0.417. The van der Waals surface area contributed by atoms with E-state index in [1.165, 1.54) is 19.1 Å². The molecule has 2 saturated heterocycles. The highest BCUT2D eigenvalue weighted by molar-refractivity contribution is 7.86. The van der Waals surface area contributed by atoms with Crippen LogP contribution >= 0.6 is 0 Å². The van der Waals surface area contributed by atoms with E-state index in [2.05, 4.69) is 5.32 Å². The van der Waals surface area contributed by atoms with Crippen LogP contribution in [-0.2, 0) is 23.8 Å². The van der Waals surface area contributed by atoms with Gasteiger partial charge in [0.15, 0.2) is 11.6 Å². The molecule has 1 N–H and O–H groups in total. The Balaban J connectivity index is 1.39. The van der Waals surface area contributed by atoms with Crippen molar-refractivity contribution in [2.24, 2.45) is 0 Å². The molecule has 36 heavy (non-hydrogen) atoms. The number of hydrogen-bond acceptors (Lipinski definition) is 7. The summed E-state index contributed by atoms with van der Waals surface area (Å²) in [5.74, 6) is -2.17. The number of carbonyl (C=O) groups excluding carboxylic acids is 2. The van der Waals surface area contributed by atoms with Crippen LogP contribution in [0.3, 0.4) is 0 Å². The van der Waals surface area contributed by atoms with Gasteiger partial charge in [0.05, 0.1) is 24.1 Å². The molecule has 1 unspecified atom stereocenters. The van der Waals surface area contributed by atoms with E-state index in [1.807, 2.05) is 6.92 Å². The van der Waals surface area contributed by atoms with Gasteiger partial charge in [0.25, 0.3) is 10.1 Å². The summed E-state index contributed by atoms with van der Waals surface area (Å²) in [5.41, 5.74) is 0.687. The van der Waals surface area contributed by atoms with Crippen LogP contribution in [0.1, 0.15) is 25.3 Å². The maximum atomic E-state index is 15.0. The molecule has 2 aromatic carbocycles. The predicted octanol–water partition coefficient (Wildman–Crippen LogP) is 3.11. The van der Waals surface area contributed by atoms with Gasteiger partial charge in [-0.05, 0) is 44.0 Å². The first-order valence-corrected chi connectivity index (χ1v) is 12.9. The quantitative estimate of drug-likeness (QED) is 0.556. The number of anilines is 2. The molecular weight excluding hydrogens is 496 g/mol. The Morgan fingerprint density at radius 1 is 1.14 bits per heavy atom. The molecule has 2 amide bonds. The van der Waals surface area contributed by atoms with Crippen LogP contribution in [0, 0.1) is 18.6 Å². The predicted molar refractivity (Wildman–Crippen MR) is 127 cm³/mol. The van der Waals surface area contributed by atoms with Crippen molar-refractivity contribution in [2.45, 2.75) is 43.8 Å². The molecule has 0 saturated carbocycles. The summed E-state index contributed by atoms with van der Waals surface area (Å²) in [6.45, 7) is 3.76. The molecule has 2 aliphatic heterocycles. The van der Waals surface area contributed by atoms with E-state index in [9.17, 15) is 26.8 Å². The van der Waals surface area contributed by atoms with Crippen molar-refractivity contribution in [2.75, 3.05) is 36.0 Å². The topological polar surface area (TPSA) is 105 Å². The van der Waals surface area contributed by atoms with Gasteiger partial charge in [-0.25, -0.2) is 13.6 Å². The lowest BCUT2D eigenvalue weighted by Crippen LogP contribution is -2.38. The smallest absolute Gasteiger partial charge is 0.415 e. The summed E-state index contributed by atoms with van der Waals surface area (Å²) in [7, 11) is -3.92. The first kappa shape index (κ1) is 25.8. The van der Waals surface area contributed by atoms with Crippen LogP contribution in [0.25, 0.3) is 0 Å². The van der Waals surface area contributed by atoms with E-state index < -0.39 is 45.7 Å². The summed E-state index contributed by atoms with van der Waals surface area (Å²) in [6.07, 6.45) is -1.49. The number of nitrogens with zero attached hydrogens (tertiary/aromatic N) is 2. The number of hydrogen-bond donors (Lipinski definition) is 1. The minimum Gasteiger partial charge on any atom is -0.442 e. The fourth-order valence-electron chi connectivity index (χ4n) is 4.21. The largest absolute Gasteiger partial charge is 0.442 e. The molecule has 0 aromatic heterocycles. The second-order valence-corrected chi connectivity index (χ2v) is 10.4. The zero-order chi connectivity index (χ0) is 26.0. The third kappa shape index (κ3) is 5.76. The Bertz CT molecular complexity index is 1220. The number of rotatable bonds is 7. The lowest BCUT2D eigenvalue weighted by Gasteiger charge is -2.33. The highest BCUT2D eigenvalue weighted by Crippen LogP contribution is 2.33. The van der Waals surface area contributed by atoms with Gasteiger partial charge >= 0.3 is 6.09 Å². The molecule has 2 aliphatic rings. The molecule has 2 aromatic rings. The summed E-state index contributed by atoms with van der Waals surface area (Å²) < 4.78 is 65.5. The van der Waals surface area contributed by atoms with Gasteiger partial charge in [-0.15, -0.1) is 0 Å². The Morgan fingerprint density at radius 2 is 1.75 bits per heavy atom. The summed E-state index contributed by atoms with van der Waals surface area (Å²) >= 11 is 0. The Morgan fingerprint density at radius 3 is 2.33 bits per heavy atom. The molecule has 1 atom stereocenters. The van der Waals surface area contributed by atoms with E-state index in [0.29, 0.717) is 25.9 Å². The number of carbonyl (C=O) groups is 2. The van der Waals surface area contributed by atoms with Crippen molar-refractivity contribution in [1.29, 1.82) is 0 Å². The van der Waals surface area contributed by atoms with E-state index >= 15 is 0 Å². The molecule has 4 rings (SSSR count). The molecule has 194 valence electrons. The number of piperidine rings is 1. The number of ether oxygens (including phenoxy) is 1. The lowest BCUT2D eigenvalue weighted by molar-refractivity contribution is -0.119. The van der Waals surface area contributed by atoms with Crippen molar-refractivity contribution in [3.63, 3.8) is 0 Å². The Kier molecular flexibility index (Phi) is 7.46. The minimum absolute atomic E-state index is 0.0372. The minimum atomic E-state index is -3.92. The molecule has 0 bridgehead atoms. The van der Waals surface area contributed by atoms with Gasteiger partial charge in [0.1, 0.15) is 11.8 Å². The zero-order valence-electron chi connectivity index (χ0n) is 19.9. The van der Waals surface area contributed by atoms with Crippen molar-refractivity contribution in [3.8, 4) is 0 Å². The second kappa shape index (κ2) is 10.4. The van der Waals surface area contributed by atoms with Crippen molar-refractivity contribution < 1.29 is 35.7 Å². The second-order valence-electron chi connectivity index (χ2n) is 8.86. The number of amides is 2. The Labute approximate surface area is 208 Å². The molecule has 9 nitrogen and oxygen atoms in total. The summed E-state index contributed by atoms with van der Waals surface area (Å²) in [5, 5.41) is 2.51. The monoisotopic (exact) mass is 523 g/mol. The first-order chi connectivity index (χ1) is 17.0. The average molecular weight is 524 g/mol. The van der Waals surface area contributed by atoms with Gasteiger partial charge in [0.2, 0.25) is 5.91 Å². The van der Waals surface area contributed by atoms with Crippen molar-refractivity contribution in [1.82, 2.24) is 5.32 Å². The first-order valence-electron chi connectivity index (χ1n) is 11.5. The van der Waals surface area contributed by atoms with Gasteiger partial charge in [-0.2, -0.15) is 8.42 Å². The molecule has 0 aliphatic carbocycles. The van der Waals surface area contributed by atoms with E-state index in [0.717, 1.165) is 22.6 Å². The van der Waals surface area contributed by atoms with Crippen LogP contribution in [0.15, 0.2) is 41.3 Å². The standard InChI is InChI=1S/C24H27F2N3O6S/c1-15-3-5-20(6-4-15)36(32,33)35-18-7-9-28(10-8-18)17-11-21(25)23(22(26)12-17)29-14-19(34-24(29)31)13-27-16(2)30/h3-6,11-12,18-19H,7-10,13-14H2,1-2H3,(H,27,30). The number of benzene rings is 2. The van der Waals surface area contributed by atoms with Crippen LogP contribution in [0.5, 0.6) is 0 Å². The molecular formula is C24H27F2N3O6S. The number of nitrogens with one attached hydrogen (secondary N) is 1. The maximum absolute atomic E-state index is 15.0. The van der Waals surface area contributed by atoms with Crippen molar-refractivity contribution >= 4 is 33.5 Å². The van der Waals surface area contributed by atoms with Crippen LogP contribution in [0.4, 0.5) is 25.0 Å². The molecule has 12 heteroatoms. The lowest BCUT2D eigenvalue weighted by atomic mass is 10.1. The zero-order valence-corrected chi connectivity index (χ0v) is 20.7. The van der Waals surface area contributed by atoms with E-state index in [1.54, 1.807) is 17.0 Å². The summed E-state index contributed by atoms with van der Waals surface area (Å²) in [6, 6.07) is 8.64. The Hall–Kier alpha value is -3.25. The number of halogens is 2. The van der Waals surface area contributed by atoms with Crippen LogP contribution in [-0.4, -0.2) is 58.8 Å². The van der Waals surface area contributed by atoms with E-state index in [4.69, 9.17) is 8.92 Å². The fourth-order valence-corrected chi connectivity index (χ4v) is 5.34. The summed E-state index contributed by atoms with van der Waals surface area (Å²) in [4.78, 5) is 25.9. The molecule has 2 fully saturated rings. The van der Waals surface area contributed by atoms with Crippen LogP contribution in [0.2, 0.25) is 0 Å². The average Bonchev–Trinajstić information content (AvgIpc) is 3.18. The SMILES string of the molecule is CC(=O)NCC1CN(c2c(F)cc(N3CCC(OS(=O)(=O)c4ccc(C)cc4)CC3)cc2F)C(=O)O1. The number of aryl methyl sites for hydroxylation is 1. The third-order valence-electron chi connectivity index (χ3n) is 6.10. The van der Waals surface area contributed by atoms with Gasteiger partial charge in [0, 0.05) is 25.7 Å². The van der Waals surface area contributed by atoms with Gasteiger partial charge < -0.3 is 15.0 Å². The van der Waals surface area contributed by atoms with E-state index in [-0.39, 0.29) is 29.6 Å². The highest BCUT2D eigenvalue weighted by Gasteiger charge is 2.36. The molecule has 0 radical (unpaired) electrons. The third-order valence-corrected chi connectivity index (χ3v) is 7.48. The molecule has 0 spiro atoms.